The maximum atomic E-state index is 10.5. The first-order valence-corrected chi connectivity index (χ1v) is 17.6. The summed E-state index contributed by atoms with van der Waals surface area (Å²) in [5.41, 5.74) is 9.24. The lowest BCUT2D eigenvalue weighted by atomic mass is 9.72. The highest BCUT2D eigenvalue weighted by Gasteiger charge is 2.31. The maximum Gasteiger partial charge on any atom is 0.123 e. The van der Waals surface area contributed by atoms with Gasteiger partial charge in [-0.25, -0.2) is 0 Å². The lowest BCUT2D eigenvalue weighted by Gasteiger charge is -2.32. The van der Waals surface area contributed by atoms with Crippen LogP contribution in [0, 0.1) is 11.8 Å². The van der Waals surface area contributed by atoms with Gasteiger partial charge in [0.2, 0.25) is 0 Å². The second kappa shape index (κ2) is 17.5. The third kappa shape index (κ3) is 9.80. The molecule has 4 heteroatoms. The molecule has 4 nitrogen and oxygen atoms in total. The molecule has 2 aromatic carbocycles. The van der Waals surface area contributed by atoms with Gasteiger partial charge in [-0.2, -0.15) is 0 Å². The molecule has 4 N–H and O–H groups in total. The standard InChI is InChI=1S/2C21H30O2/c2*1-5-6-7-8-16-12-17(22)13-20(23)21(16)19-11-15(4)9-10-18(19)14(2)3/h2*11-13,18-19,22-23H,2,5-10H2,1,3-4H3/t18-,19+;/m0./s1. The van der Waals surface area contributed by atoms with Crippen molar-refractivity contribution in [2.75, 3.05) is 0 Å². The summed E-state index contributed by atoms with van der Waals surface area (Å²) in [4.78, 5) is 0. The van der Waals surface area contributed by atoms with Gasteiger partial charge in [-0.15, -0.1) is 0 Å². The summed E-state index contributed by atoms with van der Waals surface area (Å²) >= 11 is 0. The van der Waals surface area contributed by atoms with E-state index in [1.54, 1.807) is 0 Å². The van der Waals surface area contributed by atoms with Crippen LogP contribution in [0.25, 0.3) is 0 Å². The molecule has 4 atom stereocenters. The molecule has 0 heterocycles. The molecule has 2 unspecified atom stereocenters. The third-order valence-corrected chi connectivity index (χ3v) is 9.98. The fourth-order valence-corrected chi connectivity index (χ4v) is 7.49. The summed E-state index contributed by atoms with van der Waals surface area (Å²) in [6.07, 6.45) is 17.6. The highest BCUT2D eigenvalue weighted by Crippen LogP contribution is 2.47. The van der Waals surface area contributed by atoms with E-state index < -0.39 is 0 Å². The average Bonchev–Trinajstić information content (AvgIpc) is 2.97. The largest absolute Gasteiger partial charge is 0.508 e. The predicted molar refractivity (Wildman–Crippen MR) is 194 cm³/mol. The first-order chi connectivity index (χ1) is 21.9. The normalized spacial score (nSPS) is 21.1. The predicted octanol–water partition coefficient (Wildman–Crippen LogP) is 11.7. The number of aryl methyl sites for hydroxylation is 2. The van der Waals surface area contributed by atoms with E-state index >= 15 is 0 Å². The second-order valence-electron chi connectivity index (χ2n) is 14.1. The van der Waals surface area contributed by atoms with Crippen LogP contribution in [0.4, 0.5) is 0 Å². The molecule has 2 aliphatic carbocycles. The van der Waals surface area contributed by atoms with Crippen molar-refractivity contribution >= 4 is 0 Å². The number of benzene rings is 2. The fraction of sp³-hybridized carbons (Fsp3) is 0.524. The van der Waals surface area contributed by atoms with Gasteiger partial charge < -0.3 is 20.4 Å². The SMILES string of the molecule is C=C(C)C1CCC(C)=CC1c1c(O)cc(O)cc1CCCCC.C=C(C)[C@@H]1CCC(C)=C[C@H]1c1c(O)cc(O)cc1CCCCC. The Hall–Kier alpha value is -3.40. The zero-order valence-corrected chi connectivity index (χ0v) is 29.5. The zero-order chi connectivity index (χ0) is 34.0. The average molecular weight is 629 g/mol. The molecule has 0 aliphatic heterocycles. The molecule has 46 heavy (non-hydrogen) atoms. The van der Waals surface area contributed by atoms with Crippen molar-refractivity contribution in [2.45, 2.75) is 130 Å². The van der Waals surface area contributed by atoms with Gasteiger partial charge in [-0.05, 0) is 114 Å². The van der Waals surface area contributed by atoms with E-state index in [1.165, 1.54) is 47.3 Å². The Morgan fingerprint density at radius 1 is 0.630 bits per heavy atom. The molecule has 2 aliphatic rings. The molecule has 2 aromatic rings. The molecule has 252 valence electrons. The Balaban J connectivity index is 0.000000250. The molecule has 0 saturated carbocycles. The third-order valence-electron chi connectivity index (χ3n) is 9.98. The highest BCUT2D eigenvalue weighted by atomic mass is 16.3. The number of unbranched alkanes of at least 4 members (excludes halogenated alkanes) is 4. The Kier molecular flexibility index (Phi) is 14.1. The summed E-state index contributed by atoms with van der Waals surface area (Å²) < 4.78 is 0. The van der Waals surface area contributed by atoms with Crippen LogP contribution in [0.15, 0.2) is 71.9 Å². The van der Waals surface area contributed by atoms with Gasteiger partial charge in [0.05, 0.1) is 0 Å². The minimum absolute atomic E-state index is 0.154. The van der Waals surface area contributed by atoms with E-state index in [2.05, 4.69) is 66.9 Å². The number of hydrogen-bond donors (Lipinski definition) is 4. The smallest absolute Gasteiger partial charge is 0.123 e. The Morgan fingerprint density at radius 3 is 1.33 bits per heavy atom. The molecule has 0 saturated heterocycles. The van der Waals surface area contributed by atoms with Crippen LogP contribution in [0.2, 0.25) is 0 Å². The first-order valence-electron chi connectivity index (χ1n) is 17.6. The Morgan fingerprint density at radius 2 is 1.00 bits per heavy atom. The first kappa shape index (κ1) is 37.1. The highest BCUT2D eigenvalue weighted by molar-refractivity contribution is 5.51. The second-order valence-corrected chi connectivity index (χ2v) is 14.1. The monoisotopic (exact) mass is 628 g/mol. The van der Waals surface area contributed by atoms with Gasteiger partial charge in [0.15, 0.2) is 0 Å². The van der Waals surface area contributed by atoms with Crippen molar-refractivity contribution in [1.29, 1.82) is 0 Å². The van der Waals surface area contributed by atoms with E-state index in [-0.39, 0.29) is 34.8 Å². The van der Waals surface area contributed by atoms with E-state index in [0.29, 0.717) is 11.8 Å². The summed E-state index contributed by atoms with van der Waals surface area (Å²) in [6, 6.07) is 6.62. The number of hydrogen-bond acceptors (Lipinski definition) is 4. The van der Waals surface area contributed by atoms with Crippen molar-refractivity contribution in [3.8, 4) is 23.0 Å². The summed E-state index contributed by atoms with van der Waals surface area (Å²) in [7, 11) is 0. The molecule has 0 radical (unpaired) electrons. The minimum Gasteiger partial charge on any atom is -0.508 e. The van der Waals surface area contributed by atoms with Crippen LogP contribution in [0.5, 0.6) is 23.0 Å². The van der Waals surface area contributed by atoms with Gasteiger partial charge in [0, 0.05) is 35.1 Å². The Bertz CT molecular complexity index is 1300. The van der Waals surface area contributed by atoms with E-state index in [0.717, 1.165) is 86.5 Å². The van der Waals surface area contributed by atoms with Crippen LogP contribution in [0.1, 0.15) is 140 Å². The fourth-order valence-electron chi connectivity index (χ4n) is 7.49. The van der Waals surface area contributed by atoms with Crippen molar-refractivity contribution in [3.05, 3.63) is 94.1 Å². The van der Waals surface area contributed by atoms with Crippen molar-refractivity contribution in [1.82, 2.24) is 0 Å². The molecule has 0 bridgehead atoms. The molecular formula is C42H60O4. The van der Waals surface area contributed by atoms with Crippen molar-refractivity contribution in [3.63, 3.8) is 0 Å². The lowest BCUT2D eigenvalue weighted by Crippen LogP contribution is -2.18. The van der Waals surface area contributed by atoms with Crippen LogP contribution in [0.3, 0.4) is 0 Å². The maximum absolute atomic E-state index is 10.5. The summed E-state index contributed by atoms with van der Waals surface area (Å²) in [6.45, 7) is 21.2. The molecule has 0 fully saturated rings. The summed E-state index contributed by atoms with van der Waals surface area (Å²) in [5, 5.41) is 40.9. The van der Waals surface area contributed by atoms with Gasteiger partial charge in [-0.3, -0.25) is 0 Å². The zero-order valence-electron chi connectivity index (χ0n) is 29.5. The molecule has 0 spiro atoms. The minimum atomic E-state index is 0.154. The number of rotatable bonds is 12. The van der Waals surface area contributed by atoms with E-state index in [9.17, 15) is 20.4 Å². The van der Waals surface area contributed by atoms with Crippen molar-refractivity contribution in [2.24, 2.45) is 11.8 Å². The molecular weight excluding hydrogens is 568 g/mol. The van der Waals surface area contributed by atoms with Crippen LogP contribution in [-0.2, 0) is 12.8 Å². The van der Waals surface area contributed by atoms with Gasteiger partial charge >= 0.3 is 0 Å². The van der Waals surface area contributed by atoms with E-state index in [4.69, 9.17) is 0 Å². The van der Waals surface area contributed by atoms with E-state index in [1.807, 2.05) is 12.1 Å². The number of aromatic hydroxyl groups is 4. The van der Waals surface area contributed by atoms with Gasteiger partial charge in [0.25, 0.3) is 0 Å². The number of allylic oxidation sites excluding steroid dienone is 6. The van der Waals surface area contributed by atoms with Crippen molar-refractivity contribution < 1.29 is 20.4 Å². The molecule has 0 amide bonds. The quantitative estimate of drug-likeness (QED) is 0.139. The molecule has 0 aromatic heterocycles. The number of phenolic OH excluding ortho intramolecular Hbond substituents is 4. The number of phenols is 4. The topological polar surface area (TPSA) is 80.9 Å². The molecule has 4 rings (SSSR count). The Labute approximate surface area is 279 Å². The van der Waals surface area contributed by atoms with Crippen LogP contribution < -0.4 is 0 Å². The summed E-state index contributed by atoms with van der Waals surface area (Å²) in [5.74, 6) is 1.80. The van der Waals surface area contributed by atoms with Gasteiger partial charge in [0.1, 0.15) is 23.0 Å². The van der Waals surface area contributed by atoms with Crippen LogP contribution >= 0.6 is 0 Å². The van der Waals surface area contributed by atoms with Crippen LogP contribution in [-0.4, -0.2) is 20.4 Å². The lowest BCUT2D eigenvalue weighted by molar-refractivity contribution is 0.422. The van der Waals surface area contributed by atoms with Gasteiger partial charge in [-0.1, -0.05) is 87.1 Å².